The lowest BCUT2D eigenvalue weighted by molar-refractivity contribution is -0.133. The second kappa shape index (κ2) is 8.12. The van der Waals surface area contributed by atoms with E-state index in [2.05, 4.69) is 15.9 Å². The molecule has 1 rings (SSSR count). The van der Waals surface area contributed by atoms with E-state index in [0.29, 0.717) is 0 Å². The van der Waals surface area contributed by atoms with Crippen LogP contribution >= 0.6 is 15.9 Å². The van der Waals surface area contributed by atoms with Crippen molar-refractivity contribution in [2.24, 2.45) is 0 Å². The summed E-state index contributed by atoms with van der Waals surface area (Å²) in [5.74, 6) is 0.773. The molecule has 1 aromatic carbocycles. The first-order valence-corrected chi connectivity index (χ1v) is 6.91. The van der Waals surface area contributed by atoms with Gasteiger partial charge in [0.15, 0.2) is 6.61 Å². The fourth-order valence-electron chi connectivity index (χ4n) is 1.46. The molecule has 0 saturated heterocycles. The second-order valence-electron chi connectivity index (χ2n) is 3.62. The number of halogens is 1. The highest BCUT2D eigenvalue weighted by Gasteiger charge is 2.11. The van der Waals surface area contributed by atoms with Gasteiger partial charge >= 0.3 is 0 Å². The average molecular weight is 300 g/mol. The van der Waals surface area contributed by atoms with E-state index in [1.165, 1.54) is 0 Å². The summed E-state index contributed by atoms with van der Waals surface area (Å²) in [4.78, 5) is 13.6. The van der Waals surface area contributed by atoms with Gasteiger partial charge in [0, 0.05) is 18.4 Å². The van der Waals surface area contributed by atoms with Gasteiger partial charge in [-0.1, -0.05) is 34.1 Å². The Bertz CT molecular complexity index is 329. The fourth-order valence-corrected chi connectivity index (χ4v) is 1.71. The molecule has 0 spiro atoms. The van der Waals surface area contributed by atoms with Crippen LogP contribution in [0.25, 0.3) is 0 Å². The number of para-hydroxylation sites is 1. The van der Waals surface area contributed by atoms with Crippen LogP contribution in [-0.2, 0) is 4.79 Å². The molecule has 0 bridgehead atoms. The zero-order chi connectivity index (χ0) is 12.5. The van der Waals surface area contributed by atoms with E-state index in [1.54, 1.807) is 0 Å². The van der Waals surface area contributed by atoms with Crippen LogP contribution in [0.4, 0.5) is 0 Å². The van der Waals surface area contributed by atoms with Crippen LogP contribution in [-0.4, -0.2) is 35.8 Å². The van der Waals surface area contributed by atoms with Crippen molar-refractivity contribution in [2.75, 3.05) is 25.0 Å². The molecule has 0 fully saturated rings. The van der Waals surface area contributed by atoms with Crippen molar-refractivity contribution in [3.05, 3.63) is 30.3 Å². The minimum Gasteiger partial charge on any atom is -0.484 e. The van der Waals surface area contributed by atoms with E-state index >= 15 is 0 Å². The number of carbonyl (C=O) groups excluding carboxylic acids is 1. The smallest absolute Gasteiger partial charge is 0.260 e. The van der Waals surface area contributed by atoms with E-state index in [1.807, 2.05) is 42.2 Å². The van der Waals surface area contributed by atoms with E-state index in [9.17, 15) is 4.79 Å². The van der Waals surface area contributed by atoms with Gasteiger partial charge in [0.25, 0.3) is 5.91 Å². The largest absolute Gasteiger partial charge is 0.484 e. The first-order valence-electron chi connectivity index (χ1n) is 5.79. The Kier molecular flexibility index (Phi) is 6.70. The maximum Gasteiger partial charge on any atom is 0.260 e. The molecule has 1 aromatic rings. The quantitative estimate of drug-likeness (QED) is 0.725. The molecule has 0 aliphatic heterocycles. The predicted molar refractivity (Wildman–Crippen MR) is 72.6 cm³/mol. The fraction of sp³-hybridized carbons (Fsp3) is 0.462. The van der Waals surface area contributed by atoms with E-state index in [0.717, 1.165) is 30.6 Å². The van der Waals surface area contributed by atoms with Gasteiger partial charge in [-0.25, -0.2) is 0 Å². The van der Waals surface area contributed by atoms with Crippen molar-refractivity contribution in [3.8, 4) is 5.75 Å². The van der Waals surface area contributed by atoms with Gasteiger partial charge in [-0.2, -0.15) is 0 Å². The summed E-state index contributed by atoms with van der Waals surface area (Å²) in [6.45, 7) is 3.59. The van der Waals surface area contributed by atoms with Crippen LogP contribution in [0.15, 0.2) is 30.3 Å². The van der Waals surface area contributed by atoms with Crippen LogP contribution in [0.3, 0.4) is 0 Å². The number of hydrogen-bond donors (Lipinski definition) is 0. The lowest BCUT2D eigenvalue weighted by Crippen LogP contribution is -2.35. The molecule has 1 amide bonds. The SMILES string of the molecule is CCN(CCCBr)C(=O)COc1ccccc1. The average Bonchev–Trinajstić information content (AvgIpc) is 2.38. The molecular formula is C13H18BrNO2. The van der Waals surface area contributed by atoms with Crippen molar-refractivity contribution < 1.29 is 9.53 Å². The van der Waals surface area contributed by atoms with E-state index in [4.69, 9.17) is 4.74 Å². The zero-order valence-electron chi connectivity index (χ0n) is 10.1. The first kappa shape index (κ1) is 14.0. The monoisotopic (exact) mass is 299 g/mol. The maximum atomic E-state index is 11.8. The van der Waals surface area contributed by atoms with Gasteiger partial charge in [-0.15, -0.1) is 0 Å². The van der Waals surface area contributed by atoms with Crippen LogP contribution in [0.5, 0.6) is 5.75 Å². The normalized spacial score (nSPS) is 10.0. The van der Waals surface area contributed by atoms with Crippen molar-refractivity contribution >= 4 is 21.8 Å². The lowest BCUT2D eigenvalue weighted by atomic mass is 10.3. The number of carbonyl (C=O) groups is 1. The molecule has 0 heterocycles. The topological polar surface area (TPSA) is 29.5 Å². The summed E-state index contributed by atoms with van der Waals surface area (Å²) in [5.41, 5.74) is 0. The number of ether oxygens (including phenoxy) is 1. The Morgan fingerprint density at radius 1 is 1.35 bits per heavy atom. The minimum absolute atomic E-state index is 0.0392. The van der Waals surface area contributed by atoms with Crippen LogP contribution < -0.4 is 4.74 Å². The van der Waals surface area contributed by atoms with Crippen molar-refractivity contribution in [1.82, 2.24) is 4.90 Å². The molecule has 0 aromatic heterocycles. The molecule has 3 nitrogen and oxygen atoms in total. The summed E-state index contributed by atoms with van der Waals surface area (Å²) >= 11 is 3.36. The Morgan fingerprint density at radius 2 is 2.06 bits per heavy atom. The van der Waals surface area contributed by atoms with Gasteiger partial charge < -0.3 is 9.64 Å². The molecule has 0 unspecified atom stereocenters. The van der Waals surface area contributed by atoms with Gasteiger partial charge in [-0.3, -0.25) is 4.79 Å². The number of likely N-dealkylation sites (N-methyl/N-ethyl adjacent to an activating group) is 1. The third-order valence-electron chi connectivity index (χ3n) is 2.40. The number of amides is 1. The van der Waals surface area contributed by atoms with Gasteiger partial charge in [0.1, 0.15) is 5.75 Å². The molecule has 0 atom stereocenters. The highest BCUT2D eigenvalue weighted by molar-refractivity contribution is 9.09. The number of alkyl halides is 1. The molecule has 17 heavy (non-hydrogen) atoms. The van der Waals surface area contributed by atoms with Crippen LogP contribution in [0, 0.1) is 0 Å². The standard InChI is InChI=1S/C13H18BrNO2/c1-2-15(10-6-9-14)13(16)11-17-12-7-4-3-5-8-12/h3-5,7-8H,2,6,9-11H2,1H3. The molecule has 94 valence electrons. The number of benzene rings is 1. The Morgan fingerprint density at radius 3 is 2.65 bits per heavy atom. The second-order valence-corrected chi connectivity index (χ2v) is 4.41. The maximum absolute atomic E-state index is 11.8. The number of nitrogens with zero attached hydrogens (tertiary/aromatic N) is 1. The third-order valence-corrected chi connectivity index (χ3v) is 2.96. The van der Waals surface area contributed by atoms with Crippen molar-refractivity contribution in [2.45, 2.75) is 13.3 Å². The molecule has 0 saturated carbocycles. The van der Waals surface area contributed by atoms with Crippen LogP contribution in [0.2, 0.25) is 0 Å². The zero-order valence-corrected chi connectivity index (χ0v) is 11.6. The predicted octanol–water partition coefficient (Wildman–Crippen LogP) is 2.70. The number of rotatable bonds is 7. The Labute approximate surface area is 111 Å². The summed E-state index contributed by atoms with van der Waals surface area (Å²) in [5, 5.41) is 0.913. The van der Waals surface area contributed by atoms with Gasteiger partial charge in [-0.05, 0) is 25.5 Å². The van der Waals surface area contributed by atoms with Crippen molar-refractivity contribution in [3.63, 3.8) is 0 Å². The highest BCUT2D eigenvalue weighted by atomic mass is 79.9. The molecule has 0 aliphatic carbocycles. The van der Waals surface area contributed by atoms with Crippen LogP contribution in [0.1, 0.15) is 13.3 Å². The Balaban J connectivity index is 2.37. The van der Waals surface area contributed by atoms with Gasteiger partial charge in [0.2, 0.25) is 0 Å². The summed E-state index contributed by atoms with van der Waals surface area (Å²) in [7, 11) is 0. The molecule has 0 radical (unpaired) electrons. The number of hydrogen-bond acceptors (Lipinski definition) is 2. The summed E-state index contributed by atoms with van der Waals surface area (Å²) in [6.07, 6.45) is 0.963. The van der Waals surface area contributed by atoms with Gasteiger partial charge in [0.05, 0.1) is 0 Å². The van der Waals surface area contributed by atoms with E-state index < -0.39 is 0 Å². The summed E-state index contributed by atoms with van der Waals surface area (Å²) in [6, 6.07) is 9.40. The highest BCUT2D eigenvalue weighted by Crippen LogP contribution is 2.08. The molecule has 0 N–H and O–H groups in total. The molecular weight excluding hydrogens is 282 g/mol. The van der Waals surface area contributed by atoms with E-state index in [-0.39, 0.29) is 12.5 Å². The molecule has 0 aliphatic rings. The Hall–Kier alpha value is -1.03. The summed E-state index contributed by atoms with van der Waals surface area (Å²) < 4.78 is 5.43. The first-order chi connectivity index (χ1) is 8.27. The third kappa shape index (κ3) is 5.22. The lowest BCUT2D eigenvalue weighted by Gasteiger charge is -2.20. The molecule has 4 heteroatoms. The van der Waals surface area contributed by atoms with Crippen molar-refractivity contribution in [1.29, 1.82) is 0 Å². The minimum atomic E-state index is 0.0392.